The Kier molecular flexibility index (Phi) is 4.98. The molecule has 1 heterocycles. The number of nitrogens with zero attached hydrogens (tertiary/aromatic N) is 2. The Morgan fingerprint density at radius 1 is 1.47 bits per heavy atom. The lowest BCUT2D eigenvalue weighted by atomic mass is 9.95. The summed E-state index contributed by atoms with van der Waals surface area (Å²) in [5, 5.41) is 3.67. The van der Waals surface area contributed by atoms with Crippen molar-refractivity contribution in [1.29, 1.82) is 0 Å². The second-order valence-corrected chi connectivity index (χ2v) is 5.77. The van der Waals surface area contributed by atoms with Gasteiger partial charge in [-0.2, -0.15) is 11.8 Å². The van der Waals surface area contributed by atoms with E-state index >= 15 is 0 Å². The molecule has 0 radical (unpaired) electrons. The van der Waals surface area contributed by atoms with Gasteiger partial charge >= 0.3 is 0 Å². The molecule has 7 heteroatoms. The van der Waals surface area contributed by atoms with Gasteiger partial charge in [0.05, 0.1) is 12.4 Å². The Morgan fingerprint density at radius 3 is 3.05 bits per heavy atom. The van der Waals surface area contributed by atoms with Crippen LogP contribution < -0.4 is 16.6 Å². The molecule has 2 unspecified atom stereocenters. The number of aromatic nitrogens is 2. The first-order chi connectivity index (χ1) is 9.22. The molecule has 0 aliphatic heterocycles. The molecule has 1 fully saturated rings. The van der Waals surface area contributed by atoms with Crippen LogP contribution in [-0.4, -0.2) is 33.4 Å². The number of anilines is 1. The lowest BCUT2D eigenvalue weighted by molar-refractivity contribution is 0.0923. The Labute approximate surface area is 116 Å². The van der Waals surface area contributed by atoms with Crippen molar-refractivity contribution in [3.8, 4) is 0 Å². The van der Waals surface area contributed by atoms with E-state index in [9.17, 15) is 4.79 Å². The van der Waals surface area contributed by atoms with Crippen LogP contribution in [0.3, 0.4) is 0 Å². The van der Waals surface area contributed by atoms with Crippen LogP contribution in [0, 0.1) is 0 Å². The van der Waals surface area contributed by atoms with Crippen molar-refractivity contribution in [2.24, 2.45) is 5.84 Å². The molecule has 2 atom stereocenters. The van der Waals surface area contributed by atoms with Crippen molar-refractivity contribution in [2.45, 2.75) is 37.0 Å². The number of nitrogens with two attached hydrogens (primary N) is 1. The van der Waals surface area contributed by atoms with E-state index in [0.717, 1.165) is 19.3 Å². The molecule has 1 aromatic rings. The van der Waals surface area contributed by atoms with E-state index in [-0.39, 0.29) is 11.9 Å². The molecule has 6 nitrogen and oxygen atoms in total. The third-order valence-electron chi connectivity index (χ3n) is 3.31. The molecule has 1 aliphatic carbocycles. The average Bonchev–Trinajstić information content (AvgIpc) is 2.47. The summed E-state index contributed by atoms with van der Waals surface area (Å²) in [6.07, 6.45) is 9.50. The number of hydrogen-bond donors (Lipinski definition) is 3. The normalized spacial score (nSPS) is 22.8. The Morgan fingerprint density at radius 2 is 2.32 bits per heavy atom. The van der Waals surface area contributed by atoms with Crippen molar-refractivity contribution in [3.63, 3.8) is 0 Å². The maximum Gasteiger partial charge on any atom is 0.271 e. The van der Waals surface area contributed by atoms with E-state index < -0.39 is 0 Å². The minimum Gasteiger partial charge on any atom is -0.348 e. The first kappa shape index (κ1) is 14.1. The molecular weight excluding hydrogens is 262 g/mol. The molecule has 0 aromatic carbocycles. The number of amides is 1. The highest BCUT2D eigenvalue weighted by Gasteiger charge is 2.23. The lowest BCUT2D eigenvalue weighted by Gasteiger charge is -2.28. The molecule has 1 amide bonds. The van der Waals surface area contributed by atoms with Crippen molar-refractivity contribution in [1.82, 2.24) is 15.3 Å². The second-order valence-electron chi connectivity index (χ2n) is 4.63. The molecule has 1 aromatic heterocycles. The quantitative estimate of drug-likeness (QED) is 0.566. The topological polar surface area (TPSA) is 92.9 Å². The SMILES string of the molecule is CSC1CCCC(NC(=O)c2cncc(NN)n2)C1. The van der Waals surface area contributed by atoms with Crippen molar-refractivity contribution >= 4 is 23.5 Å². The van der Waals surface area contributed by atoms with Crippen LogP contribution in [0.2, 0.25) is 0 Å². The van der Waals surface area contributed by atoms with Crippen LogP contribution in [0.25, 0.3) is 0 Å². The van der Waals surface area contributed by atoms with Gasteiger partial charge in [-0.3, -0.25) is 9.78 Å². The maximum absolute atomic E-state index is 12.1. The van der Waals surface area contributed by atoms with Crippen LogP contribution in [0.15, 0.2) is 12.4 Å². The van der Waals surface area contributed by atoms with Crippen molar-refractivity contribution in [2.75, 3.05) is 11.7 Å². The number of carbonyl (C=O) groups excluding carboxylic acids is 1. The summed E-state index contributed by atoms with van der Waals surface area (Å²) in [4.78, 5) is 20.1. The minimum absolute atomic E-state index is 0.184. The summed E-state index contributed by atoms with van der Waals surface area (Å²) >= 11 is 1.87. The predicted molar refractivity (Wildman–Crippen MR) is 76.9 cm³/mol. The second kappa shape index (κ2) is 6.72. The predicted octanol–water partition coefficient (Wildman–Crippen LogP) is 1.17. The number of nitrogen functional groups attached to an aromatic ring is 1. The van der Waals surface area contributed by atoms with Gasteiger partial charge in [-0.05, 0) is 25.5 Å². The Hall–Kier alpha value is -1.34. The number of hydrogen-bond acceptors (Lipinski definition) is 6. The van der Waals surface area contributed by atoms with Crippen LogP contribution in [0.5, 0.6) is 0 Å². The van der Waals surface area contributed by atoms with Gasteiger partial charge in [-0.15, -0.1) is 0 Å². The third-order valence-corrected chi connectivity index (χ3v) is 4.40. The molecule has 1 aliphatic rings. The van der Waals surface area contributed by atoms with Gasteiger partial charge in [0.2, 0.25) is 0 Å². The molecule has 2 rings (SSSR count). The molecule has 0 bridgehead atoms. The number of thioether (sulfide) groups is 1. The Balaban J connectivity index is 1.96. The molecule has 0 spiro atoms. The van der Waals surface area contributed by atoms with Crippen molar-refractivity contribution < 1.29 is 4.79 Å². The lowest BCUT2D eigenvalue weighted by Crippen LogP contribution is -2.39. The number of nitrogens with one attached hydrogen (secondary N) is 2. The van der Waals surface area contributed by atoms with Gasteiger partial charge in [-0.1, -0.05) is 6.42 Å². The summed E-state index contributed by atoms with van der Waals surface area (Å²) in [6.45, 7) is 0. The minimum atomic E-state index is -0.184. The number of hydrazine groups is 1. The fourth-order valence-electron chi connectivity index (χ4n) is 2.29. The van der Waals surface area contributed by atoms with Crippen LogP contribution in [0.4, 0.5) is 5.82 Å². The summed E-state index contributed by atoms with van der Waals surface area (Å²) in [5.74, 6) is 5.46. The smallest absolute Gasteiger partial charge is 0.271 e. The van der Waals surface area contributed by atoms with Crippen LogP contribution in [-0.2, 0) is 0 Å². The standard InChI is InChI=1S/C12H19N5OS/c1-19-9-4-2-3-8(5-9)15-12(18)10-6-14-7-11(16-10)17-13/h6-9H,2-5,13H2,1H3,(H,15,18)(H,16,17). The zero-order valence-electron chi connectivity index (χ0n) is 10.9. The molecule has 1 saturated carbocycles. The highest BCUT2D eigenvalue weighted by atomic mass is 32.2. The summed E-state index contributed by atoms with van der Waals surface area (Å²) in [7, 11) is 0. The first-order valence-corrected chi connectivity index (χ1v) is 7.64. The van der Waals surface area contributed by atoms with Gasteiger partial charge in [-0.25, -0.2) is 10.8 Å². The van der Waals surface area contributed by atoms with Gasteiger partial charge in [0.25, 0.3) is 5.91 Å². The number of carbonyl (C=O) groups is 1. The van der Waals surface area contributed by atoms with Crippen molar-refractivity contribution in [3.05, 3.63) is 18.1 Å². The summed E-state index contributed by atoms with van der Waals surface area (Å²) in [6, 6.07) is 0.231. The third kappa shape index (κ3) is 3.81. The molecular formula is C12H19N5OS. The first-order valence-electron chi connectivity index (χ1n) is 6.35. The fraction of sp³-hybridized carbons (Fsp3) is 0.583. The van der Waals surface area contributed by atoms with E-state index in [2.05, 4.69) is 27.0 Å². The summed E-state index contributed by atoms with van der Waals surface area (Å²) in [5.41, 5.74) is 2.68. The molecule has 19 heavy (non-hydrogen) atoms. The van der Waals surface area contributed by atoms with E-state index in [1.54, 1.807) is 0 Å². The van der Waals surface area contributed by atoms with Crippen LogP contribution in [0.1, 0.15) is 36.2 Å². The number of rotatable bonds is 4. The molecule has 0 saturated heterocycles. The summed E-state index contributed by atoms with van der Waals surface area (Å²) < 4.78 is 0. The van der Waals surface area contributed by atoms with E-state index in [0.29, 0.717) is 16.8 Å². The van der Waals surface area contributed by atoms with Gasteiger partial charge in [0.15, 0.2) is 5.82 Å². The van der Waals surface area contributed by atoms with Crippen LogP contribution >= 0.6 is 11.8 Å². The highest BCUT2D eigenvalue weighted by molar-refractivity contribution is 7.99. The average molecular weight is 281 g/mol. The van der Waals surface area contributed by atoms with E-state index in [1.165, 1.54) is 18.8 Å². The monoisotopic (exact) mass is 281 g/mol. The highest BCUT2D eigenvalue weighted by Crippen LogP contribution is 2.26. The largest absolute Gasteiger partial charge is 0.348 e. The van der Waals surface area contributed by atoms with E-state index in [4.69, 9.17) is 5.84 Å². The fourth-order valence-corrected chi connectivity index (χ4v) is 3.12. The Bertz CT molecular complexity index is 442. The van der Waals surface area contributed by atoms with Gasteiger partial charge in [0, 0.05) is 11.3 Å². The zero-order chi connectivity index (χ0) is 13.7. The van der Waals surface area contributed by atoms with Gasteiger partial charge in [0.1, 0.15) is 5.69 Å². The molecule has 104 valence electrons. The van der Waals surface area contributed by atoms with Gasteiger partial charge < -0.3 is 10.7 Å². The molecule has 4 N–H and O–H groups in total. The zero-order valence-corrected chi connectivity index (χ0v) is 11.7. The van der Waals surface area contributed by atoms with E-state index in [1.807, 2.05) is 11.8 Å². The maximum atomic E-state index is 12.1.